The molecule has 3 N–H and O–H groups in total. The minimum atomic E-state index is -0.907. The second kappa shape index (κ2) is 12.5. The van der Waals surface area contributed by atoms with Crippen molar-refractivity contribution < 1.29 is 19.1 Å². The Bertz CT molecular complexity index is 1260. The van der Waals surface area contributed by atoms with Crippen molar-refractivity contribution in [3.8, 4) is 5.75 Å². The Morgan fingerprint density at radius 3 is 2.46 bits per heavy atom. The summed E-state index contributed by atoms with van der Waals surface area (Å²) in [6.07, 6.45) is 2.06. The maximum atomic E-state index is 12.2. The van der Waals surface area contributed by atoms with Crippen LogP contribution in [-0.4, -0.2) is 30.5 Å². The first-order chi connectivity index (χ1) is 16.9. The zero-order valence-electron chi connectivity index (χ0n) is 18.7. The third kappa shape index (κ3) is 7.56. The molecule has 0 aromatic heterocycles. The smallest absolute Gasteiger partial charge is 0.329 e. The maximum Gasteiger partial charge on any atom is 0.329 e. The number of benzene rings is 3. The van der Waals surface area contributed by atoms with E-state index >= 15 is 0 Å². The van der Waals surface area contributed by atoms with E-state index in [4.69, 9.17) is 27.9 Å². The first kappa shape index (κ1) is 25.7. The molecule has 180 valence electrons. The first-order valence-corrected chi connectivity index (χ1v) is 11.3. The molecule has 0 fully saturated rings. The summed E-state index contributed by atoms with van der Waals surface area (Å²) in [4.78, 5) is 36.3. The molecular formula is C25H22Cl2N4O4. The zero-order valence-corrected chi connectivity index (χ0v) is 20.2. The molecule has 3 rings (SSSR count). The van der Waals surface area contributed by atoms with Crippen LogP contribution in [0.4, 0.5) is 11.4 Å². The second-order valence-corrected chi connectivity index (χ2v) is 7.96. The maximum absolute atomic E-state index is 12.2. The molecule has 3 aromatic carbocycles. The van der Waals surface area contributed by atoms with Crippen LogP contribution in [0.5, 0.6) is 5.75 Å². The molecule has 0 bridgehead atoms. The molecule has 0 radical (unpaired) electrons. The SMILES string of the molecule is CCc1ccccc1NC(=O)C(=O)N/N=C\c1cccc(OCC(=O)Nc2cccc(Cl)c2Cl)c1. The van der Waals surface area contributed by atoms with Gasteiger partial charge in [0.25, 0.3) is 5.91 Å². The van der Waals surface area contributed by atoms with Crippen molar-refractivity contribution in [1.82, 2.24) is 5.43 Å². The predicted octanol–water partition coefficient (Wildman–Crippen LogP) is 4.66. The normalized spacial score (nSPS) is 10.6. The number of nitrogens with one attached hydrogen (secondary N) is 3. The van der Waals surface area contributed by atoms with Crippen LogP contribution in [0.1, 0.15) is 18.1 Å². The standard InChI is InChI=1S/C25H22Cl2N4O4/c1-2-17-8-3-4-11-20(17)30-24(33)25(34)31-28-14-16-7-5-9-18(13-16)35-15-22(32)29-21-12-6-10-19(26)23(21)27/h3-14H,2,15H2,1H3,(H,29,32)(H,30,33)(H,31,34)/b28-14-. The molecule has 10 heteroatoms. The number of halogens is 2. The average molecular weight is 513 g/mol. The van der Waals surface area contributed by atoms with E-state index in [1.54, 1.807) is 54.6 Å². The number of carbonyl (C=O) groups excluding carboxylic acids is 3. The first-order valence-electron chi connectivity index (χ1n) is 10.6. The molecule has 0 atom stereocenters. The van der Waals surface area contributed by atoms with Crippen LogP contribution in [0, 0.1) is 0 Å². The molecule has 0 aliphatic rings. The lowest BCUT2D eigenvalue weighted by Gasteiger charge is -2.10. The number of hydrogen-bond acceptors (Lipinski definition) is 5. The summed E-state index contributed by atoms with van der Waals surface area (Å²) < 4.78 is 5.50. The van der Waals surface area contributed by atoms with Crippen LogP contribution in [0.15, 0.2) is 71.8 Å². The molecule has 3 aromatic rings. The number of nitrogens with zero attached hydrogens (tertiary/aromatic N) is 1. The van der Waals surface area contributed by atoms with E-state index in [2.05, 4.69) is 21.2 Å². The van der Waals surface area contributed by atoms with Crippen molar-refractivity contribution in [2.75, 3.05) is 17.2 Å². The van der Waals surface area contributed by atoms with Gasteiger partial charge >= 0.3 is 11.8 Å². The predicted molar refractivity (Wildman–Crippen MR) is 137 cm³/mol. The zero-order chi connectivity index (χ0) is 25.2. The number of aryl methyl sites for hydroxylation is 1. The summed E-state index contributed by atoms with van der Waals surface area (Å²) in [7, 11) is 0. The average Bonchev–Trinajstić information content (AvgIpc) is 2.86. The molecule has 8 nitrogen and oxygen atoms in total. The molecular weight excluding hydrogens is 491 g/mol. The Labute approximate surface area is 212 Å². The Morgan fingerprint density at radius 2 is 1.66 bits per heavy atom. The molecule has 0 saturated carbocycles. The van der Waals surface area contributed by atoms with Crippen molar-refractivity contribution in [2.24, 2.45) is 5.10 Å². The molecule has 0 spiro atoms. The van der Waals surface area contributed by atoms with Crippen molar-refractivity contribution in [3.63, 3.8) is 0 Å². The van der Waals surface area contributed by atoms with Crippen LogP contribution in [0.3, 0.4) is 0 Å². The number of ether oxygens (including phenoxy) is 1. The highest BCUT2D eigenvalue weighted by Crippen LogP contribution is 2.29. The van der Waals surface area contributed by atoms with Crippen LogP contribution >= 0.6 is 23.2 Å². The fraction of sp³-hybridized carbons (Fsp3) is 0.120. The van der Waals surface area contributed by atoms with Crippen LogP contribution in [-0.2, 0) is 20.8 Å². The van der Waals surface area contributed by atoms with E-state index in [1.807, 2.05) is 19.1 Å². The van der Waals surface area contributed by atoms with Gasteiger partial charge in [0.1, 0.15) is 5.75 Å². The van der Waals surface area contributed by atoms with Crippen molar-refractivity contribution >= 4 is 58.5 Å². The quantitative estimate of drug-likeness (QED) is 0.231. The lowest BCUT2D eigenvalue weighted by molar-refractivity contribution is -0.136. The van der Waals surface area contributed by atoms with Gasteiger partial charge in [0.05, 0.1) is 21.9 Å². The fourth-order valence-corrected chi connectivity index (χ4v) is 3.31. The van der Waals surface area contributed by atoms with Gasteiger partial charge in [0, 0.05) is 5.69 Å². The van der Waals surface area contributed by atoms with Gasteiger partial charge in [-0.1, -0.05) is 66.5 Å². The summed E-state index contributed by atoms with van der Waals surface area (Å²) in [6.45, 7) is 1.69. The fourth-order valence-electron chi connectivity index (χ4n) is 2.97. The highest BCUT2D eigenvalue weighted by atomic mass is 35.5. The summed E-state index contributed by atoms with van der Waals surface area (Å²) in [5, 5.41) is 9.58. The van der Waals surface area contributed by atoms with Crippen LogP contribution in [0.25, 0.3) is 0 Å². The number of carbonyl (C=O) groups is 3. The third-order valence-corrected chi connectivity index (χ3v) is 5.51. The van der Waals surface area contributed by atoms with Crippen LogP contribution in [0.2, 0.25) is 10.0 Å². The van der Waals surface area contributed by atoms with Crippen molar-refractivity contribution in [3.05, 3.63) is 87.9 Å². The van der Waals surface area contributed by atoms with Gasteiger partial charge in [-0.25, -0.2) is 5.43 Å². The van der Waals surface area contributed by atoms with Gasteiger partial charge < -0.3 is 15.4 Å². The summed E-state index contributed by atoms with van der Waals surface area (Å²) in [6, 6.07) is 18.8. The number of anilines is 2. The van der Waals surface area contributed by atoms with E-state index in [0.717, 1.165) is 5.56 Å². The minimum absolute atomic E-state index is 0.242. The summed E-state index contributed by atoms with van der Waals surface area (Å²) >= 11 is 12.0. The Kier molecular flexibility index (Phi) is 9.23. The lowest BCUT2D eigenvalue weighted by atomic mass is 10.1. The molecule has 0 heterocycles. The van der Waals surface area contributed by atoms with Crippen molar-refractivity contribution in [1.29, 1.82) is 0 Å². The van der Waals surface area contributed by atoms with E-state index < -0.39 is 17.7 Å². The molecule has 3 amide bonds. The van der Waals surface area contributed by atoms with Gasteiger partial charge in [0.15, 0.2) is 6.61 Å². The van der Waals surface area contributed by atoms with Gasteiger partial charge in [-0.3, -0.25) is 14.4 Å². The summed E-state index contributed by atoms with van der Waals surface area (Å²) in [5.74, 6) is -1.75. The number of para-hydroxylation sites is 1. The number of hydrazone groups is 1. The third-order valence-electron chi connectivity index (χ3n) is 4.69. The molecule has 0 saturated heterocycles. The highest BCUT2D eigenvalue weighted by molar-refractivity contribution is 6.44. The number of amides is 3. The van der Waals surface area contributed by atoms with Crippen LogP contribution < -0.4 is 20.8 Å². The van der Waals surface area contributed by atoms with Gasteiger partial charge in [-0.05, 0) is 47.9 Å². The van der Waals surface area contributed by atoms with Gasteiger partial charge in [-0.2, -0.15) is 5.10 Å². The Morgan fingerprint density at radius 1 is 0.914 bits per heavy atom. The van der Waals surface area contributed by atoms with Gasteiger partial charge in [-0.15, -0.1) is 0 Å². The molecule has 0 unspecified atom stereocenters. The topological polar surface area (TPSA) is 109 Å². The number of hydrogen-bond donors (Lipinski definition) is 3. The van der Waals surface area contributed by atoms with E-state index in [-0.39, 0.29) is 11.6 Å². The molecule has 0 aliphatic heterocycles. The second-order valence-electron chi connectivity index (χ2n) is 7.17. The largest absolute Gasteiger partial charge is 0.484 e. The lowest BCUT2D eigenvalue weighted by Crippen LogP contribution is -2.32. The Hall–Kier alpha value is -3.88. The van der Waals surface area contributed by atoms with E-state index in [0.29, 0.717) is 34.1 Å². The van der Waals surface area contributed by atoms with E-state index in [9.17, 15) is 14.4 Å². The van der Waals surface area contributed by atoms with Crippen molar-refractivity contribution in [2.45, 2.75) is 13.3 Å². The van der Waals surface area contributed by atoms with E-state index in [1.165, 1.54) is 6.21 Å². The number of rotatable bonds is 8. The van der Waals surface area contributed by atoms with Gasteiger partial charge in [0.2, 0.25) is 0 Å². The Balaban J connectivity index is 1.50. The highest BCUT2D eigenvalue weighted by Gasteiger charge is 2.14. The molecule has 35 heavy (non-hydrogen) atoms. The summed E-state index contributed by atoms with van der Waals surface area (Å²) in [5.41, 5.74) is 4.64. The minimum Gasteiger partial charge on any atom is -0.484 e. The monoisotopic (exact) mass is 512 g/mol. The molecule has 0 aliphatic carbocycles.